The average molecular weight is 216 g/mol. The van der Waals surface area contributed by atoms with Crippen molar-refractivity contribution in [3.05, 3.63) is 0 Å². The predicted molar refractivity (Wildman–Crippen MR) is 66.1 cm³/mol. The van der Waals surface area contributed by atoms with Crippen LogP contribution in [-0.2, 0) is 0 Å². The van der Waals surface area contributed by atoms with Crippen LogP contribution in [0.25, 0.3) is 0 Å². The maximum Gasteiger partial charge on any atom is 0.0282 e. The molecule has 0 heterocycles. The number of nitrogens with one attached hydrogen (secondary N) is 2. The Morgan fingerprint density at radius 3 is 2.29 bits per heavy atom. The Kier molecular flexibility index (Phi) is 4.29. The molecule has 0 saturated heterocycles. The number of thioether (sulfide) groups is 1. The third-order valence-corrected chi connectivity index (χ3v) is 4.06. The van der Waals surface area contributed by atoms with E-state index in [9.17, 15) is 0 Å². The van der Waals surface area contributed by atoms with Gasteiger partial charge in [-0.25, -0.2) is 0 Å². The van der Waals surface area contributed by atoms with Gasteiger partial charge in [-0.05, 0) is 39.9 Å². The second kappa shape index (κ2) is 4.86. The summed E-state index contributed by atoms with van der Waals surface area (Å²) in [6.45, 7) is 9.94. The molecule has 0 spiro atoms. The zero-order valence-corrected chi connectivity index (χ0v) is 10.8. The first-order valence-electron chi connectivity index (χ1n) is 5.48. The van der Waals surface area contributed by atoms with Crippen LogP contribution in [0.15, 0.2) is 0 Å². The highest BCUT2D eigenvalue weighted by Gasteiger charge is 2.41. The van der Waals surface area contributed by atoms with Crippen molar-refractivity contribution in [2.75, 3.05) is 25.9 Å². The highest BCUT2D eigenvalue weighted by molar-refractivity contribution is 8.00. The van der Waals surface area contributed by atoms with Gasteiger partial charge in [0.05, 0.1) is 0 Å². The molecule has 0 radical (unpaired) electrons. The maximum absolute atomic E-state index is 3.53. The van der Waals surface area contributed by atoms with Gasteiger partial charge in [-0.1, -0.05) is 0 Å². The van der Waals surface area contributed by atoms with E-state index in [0.29, 0.717) is 4.75 Å². The Bertz CT molecular complexity index is 171. The Morgan fingerprint density at radius 2 is 1.86 bits per heavy atom. The third kappa shape index (κ3) is 4.67. The van der Waals surface area contributed by atoms with E-state index in [2.05, 4.69) is 37.7 Å². The summed E-state index contributed by atoms with van der Waals surface area (Å²) in [4.78, 5) is 0. The highest BCUT2D eigenvalue weighted by atomic mass is 32.2. The van der Waals surface area contributed by atoms with E-state index in [1.54, 1.807) is 0 Å². The van der Waals surface area contributed by atoms with Gasteiger partial charge >= 0.3 is 0 Å². The minimum atomic E-state index is 0.248. The fraction of sp³-hybridized carbons (Fsp3) is 1.00. The van der Waals surface area contributed by atoms with Crippen molar-refractivity contribution in [2.24, 2.45) is 0 Å². The van der Waals surface area contributed by atoms with Gasteiger partial charge in [0, 0.05) is 29.9 Å². The van der Waals surface area contributed by atoms with E-state index in [1.807, 2.05) is 11.8 Å². The lowest BCUT2D eigenvalue weighted by Gasteiger charge is -2.21. The van der Waals surface area contributed by atoms with Crippen LogP contribution in [0, 0.1) is 0 Å². The first-order chi connectivity index (χ1) is 6.47. The van der Waals surface area contributed by atoms with Crippen LogP contribution in [0.5, 0.6) is 0 Å². The third-order valence-electron chi connectivity index (χ3n) is 2.64. The Labute approximate surface area is 92.6 Å². The topological polar surface area (TPSA) is 24.1 Å². The van der Waals surface area contributed by atoms with Crippen molar-refractivity contribution in [3.63, 3.8) is 0 Å². The molecular formula is C11H24N2S. The van der Waals surface area contributed by atoms with Gasteiger partial charge in [-0.3, -0.25) is 0 Å². The molecule has 1 saturated carbocycles. The summed E-state index contributed by atoms with van der Waals surface area (Å²) in [5.74, 6) is 0. The molecule has 1 aliphatic rings. The first-order valence-corrected chi connectivity index (χ1v) is 6.71. The normalized spacial score (nSPS) is 19.7. The summed E-state index contributed by atoms with van der Waals surface area (Å²) in [6, 6.07) is 0. The molecule has 0 amide bonds. The highest BCUT2D eigenvalue weighted by Crippen LogP contribution is 2.46. The van der Waals surface area contributed by atoms with Crippen LogP contribution < -0.4 is 10.6 Å². The van der Waals surface area contributed by atoms with Crippen molar-refractivity contribution in [1.82, 2.24) is 10.6 Å². The van der Waals surface area contributed by atoms with Gasteiger partial charge in [0.2, 0.25) is 0 Å². The Hall–Kier alpha value is 0.270. The van der Waals surface area contributed by atoms with Crippen molar-refractivity contribution in [1.29, 1.82) is 0 Å². The molecule has 1 rings (SSSR count). The molecule has 1 aliphatic carbocycles. The van der Waals surface area contributed by atoms with E-state index in [4.69, 9.17) is 0 Å². The zero-order chi connectivity index (χ0) is 10.7. The lowest BCUT2D eigenvalue weighted by atomic mass is 10.1. The molecule has 0 aromatic rings. The van der Waals surface area contributed by atoms with Crippen LogP contribution >= 0.6 is 11.8 Å². The van der Waals surface area contributed by atoms with Gasteiger partial charge in [0.15, 0.2) is 0 Å². The largest absolute Gasteiger partial charge is 0.314 e. The fourth-order valence-corrected chi connectivity index (χ4v) is 2.19. The van der Waals surface area contributed by atoms with E-state index in [1.165, 1.54) is 19.4 Å². The molecule has 3 heteroatoms. The summed E-state index contributed by atoms with van der Waals surface area (Å²) < 4.78 is 0.599. The molecule has 84 valence electrons. The molecule has 2 nitrogen and oxygen atoms in total. The lowest BCUT2D eigenvalue weighted by Crippen LogP contribution is -2.41. The van der Waals surface area contributed by atoms with E-state index in [0.717, 1.165) is 13.1 Å². The molecule has 0 aliphatic heterocycles. The van der Waals surface area contributed by atoms with Crippen molar-refractivity contribution < 1.29 is 0 Å². The maximum atomic E-state index is 3.53. The lowest BCUT2D eigenvalue weighted by molar-refractivity contribution is 0.421. The quantitative estimate of drug-likeness (QED) is 0.663. The molecule has 0 aromatic carbocycles. The minimum absolute atomic E-state index is 0.248. The number of hydrogen-bond donors (Lipinski definition) is 2. The molecule has 2 N–H and O–H groups in total. The van der Waals surface area contributed by atoms with Gasteiger partial charge in [0.25, 0.3) is 0 Å². The van der Waals surface area contributed by atoms with Gasteiger partial charge in [-0.2, -0.15) is 11.8 Å². The Morgan fingerprint density at radius 1 is 1.21 bits per heavy atom. The summed E-state index contributed by atoms with van der Waals surface area (Å²) in [5, 5.41) is 7.01. The fourth-order valence-electron chi connectivity index (χ4n) is 1.43. The number of hydrogen-bond acceptors (Lipinski definition) is 3. The second-order valence-electron chi connectivity index (χ2n) is 5.24. The standard InChI is InChI=1S/C11H24N2S/c1-10(2,3)13-8-7-12-9-11(14-4)5-6-11/h12-13H,5-9H2,1-4H3. The van der Waals surface area contributed by atoms with Crippen molar-refractivity contribution in [2.45, 2.75) is 43.9 Å². The SMILES string of the molecule is CSC1(CNCCNC(C)(C)C)CC1. The zero-order valence-electron chi connectivity index (χ0n) is 9.94. The number of rotatable bonds is 6. The molecule has 0 unspecified atom stereocenters. The van der Waals surface area contributed by atoms with E-state index in [-0.39, 0.29) is 5.54 Å². The van der Waals surface area contributed by atoms with Gasteiger partial charge in [0.1, 0.15) is 0 Å². The smallest absolute Gasteiger partial charge is 0.0282 e. The van der Waals surface area contributed by atoms with Gasteiger partial charge < -0.3 is 10.6 Å². The van der Waals surface area contributed by atoms with Crippen molar-refractivity contribution in [3.8, 4) is 0 Å². The average Bonchev–Trinajstić information content (AvgIpc) is 2.83. The van der Waals surface area contributed by atoms with Crippen LogP contribution in [0.2, 0.25) is 0 Å². The molecule has 0 bridgehead atoms. The van der Waals surface area contributed by atoms with Crippen LogP contribution in [0.1, 0.15) is 33.6 Å². The van der Waals surface area contributed by atoms with E-state index >= 15 is 0 Å². The van der Waals surface area contributed by atoms with Gasteiger partial charge in [-0.15, -0.1) is 0 Å². The van der Waals surface area contributed by atoms with Crippen LogP contribution in [0.4, 0.5) is 0 Å². The molecular weight excluding hydrogens is 192 g/mol. The molecule has 0 aromatic heterocycles. The summed E-state index contributed by atoms with van der Waals surface area (Å²) in [6.07, 6.45) is 5.02. The first kappa shape index (κ1) is 12.3. The summed E-state index contributed by atoms with van der Waals surface area (Å²) in [5.41, 5.74) is 0.248. The van der Waals surface area contributed by atoms with E-state index < -0.39 is 0 Å². The van der Waals surface area contributed by atoms with Crippen molar-refractivity contribution >= 4 is 11.8 Å². The minimum Gasteiger partial charge on any atom is -0.314 e. The van der Waals surface area contributed by atoms with Crippen LogP contribution in [-0.4, -0.2) is 36.2 Å². The predicted octanol–water partition coefficient (Wildman–Crippen LogP) is 1.86. The second-order valence-corrected chi connectivity index (χ2v) is 6.51. The molecule has 0 atom stereocenters. The van der Waals surface area contributed by atoms with Crippen LogP contribution in [0.3, 0.4) is 0 Å². The summed E-state index contributed by atoms with van der Waals surface area (Å²) in [7, 11) is 0. The Balaban J connectivity index is 1.95. The monoisotopic (exact) mass is 216 g/mol. The molecule has 14 heavy (non-hydrogen) atoms. The molecule has 1 fully saturated rings. The summed E-state index contributed by atoms with van der Waals surface area (Å²) >= 11 is 2.02.